The molecule has 1 unspecified atom stereocenters. The second kappa shape index (κ2) is 10.8. The summed E-state index contributed by atoms with van der Waals surface area (Å²) in [5.74, 6) is -0.401. The van der Waals surface area contributed by atoms with Crippen LogP contribution in [0.15, 0.2) is 42.5 Å². The molecule has 2 aromatic carbocycles. The summed E-state index contributed by atoms with van der Waals surface area (Å²) >= 11 is 0. The summed E-state index contributed by atoms with van der Waals surface area (Å²) in [6.45, 7) is 9.11. The number of hydrogen-bond acceptors (Lipinski definition) is 6. The van der Waals surface area contributed by atoms with Gasteiger partial charge in [0.05, 0.1) is 12.0 Å². The molecule has 2 rings (SSSR count). The van der Waals surface area contributed by atoms with Crippen molar-refractivity contribution in [2.45, 2.75) is 52.7 Å². The zero-order chi connectivity index (χ0) is 24.8. The summed E-state index contributed by atoms with van der Waals surface area (Å²) in [6.07, 6.45) is 0. The summed E-state index contributed by atoms with van der Waals surface area (Å²) in [5.41, 5.74) is 1.26. The Morgan fingerprint density at radius 3 is 2.42 bits per heavy atom. The van der Waals surface area contributed by atoms with Crippen molar-refractivity contribution in [3.8, 4) is 11.5 Å². The topological polar surface area (TPSA) is 111 Å². The van der Waals surface area contributed by atoms with E-state index in [1.165, 1.54) is 30.2 Å². The lowest BCUT2D eigenvalue weighted by Gasteiger charge is -2.31. The van der Waals surface area contributed by atoms with Gasteiger partial charge in [0, 0.05) is 24.2 Å². The van der Waals surface area contributed by atoms with Crippen molar-refractivity contribution in [1.29, 1.82) is 0 Å². The normalized spacial score (nSPS) is 11.9. The molecule has 2 aromatic rings. The van der Waals surface area contributed by atoms with Crippen LogP contribution in [0.4, 0.5) is 5.69 Å². The molecule has 0 heterocycles. The first-order chi connectivity index (χ1) is 15.4. The SMILES string of the molecule is COc1cc(OCC(=O)N(Cc2ccccc2C)C(C)C(=O)NC(C)(C)C)ccc1[N+](=O)[O-]. The van der Waals surface area contributed by atoms with Crippen LogP contribution in [-0.4, -0.2) is 46.9 Å². The van der Waals surface area contributed by atoms with Crippen LogP contribution >= 0.6 is 0 Å². The molecule has 2 amide bonds. The van der Waals surface area contributed by atoms with Crippen molar-refractivity contribution in [3.63, 3.8) is 0 Å². The van der Waals surface area contributed by atoms with Gasteiger partial charge < -0.3 is 19.7 Å². The van der Waals surface area contributed by atoms with Gasteiger partial charge in [-0.1, -0.05) is 24.3 Å². The van der Waals surface area contributed by atoms with Crippen molar-refractivity contribution >= 4 is 17.5 Å². The third-order valence-corrected chi connectivity index (χ3v) is 4.98. The molecule has 9 nitrogen and oxygen atoms in total. The van der Waals surface area contributed by atoms with Crippen molar-refractivity contribution in [2.75, 3.05) is 13.7 Å². The molecular formula is C24H31N3O6. The van der Waals surface area contributed by atoms with Crippen LogP contribution in [0.2, 0.25) is 0 Å². The second-order valence-corrected chi connectivity index (χ2v) is 8.74. The highest BCUT2D eigenvalue weighted by molar-refractivity contribution is 5.88. The van der Waals surface area contributed by atoms with E-state index in [0.29, 0.717) is 0 Å². The Morgan fingerprint density at radius 2 is 1.85 bits per heavy atom. The number of benzene rings is 2. The number of nitro benzene ring substituents is 1. The van der Waals surface area contributed by atoms with Crippen LogP contribution in [0.3, 0.4) is 0 Å². The van der Waals surface area contributed by atoms with Crippen LogP contribution in [0.25, 0.3) is 0 Å². The Labute approximate surface area is 193 Å². The van der Waals surface area contributed by atoms with Gasteiger partial charge in [0.15, 0.2) is 6.61 Å². The predicted molar refractivity (Wildman–Crippen MR) is 124 cm³/mol. The number of ether oxygens (including phenoxy) is 2. The molecule has 0 bridgehead atoms. The second-order valence-electron chi connectivity index (χ2n) is 8.74. The molecule has 0 aliphatic rings. The quantitative estimate of drug-likeness (QED) is 0.455. The third-order valence-electron chi connectivity index (χ3n) is 4.98. The number of amides is 2. The van der Waals surface area contributed by atoms with Gasteiger partial charge in [-0.2, -0.15) is 0 Å². The number of carbonyl (C=O) groups is 2. The highest BCUT2D eigenvalue weighted by atomic mass is 16.6. The van der Waals surface area contributed by atoms with Crippen LogP contribution in [0.1, 0.15) is 38.8 Å². The Morgan fingerprint density at radius 1 is 1.18 bits per heavy atom. The van der Waals surface area contributed by atoms with Gasteiger partial charge in [-0.15, -0.1) is 0 Å². The Bertz CT molecular complexity index is 1020. The maximum atomic E-state index is 13.2. The van der Waals surface area contributed by atoms with Gasteiger partial charge in [-0.25, -0.2) is 0 Å². The molecule has 178 valence electrons. The van der Waals surface area contributed by atoms with Gasteiger partial charge in [-0.05, 0) is 51.8 Å². The number of nitro groups is 1. The summed E-state index contributed by atoms with van der Waals surface area (Å²) in [6, 6.07) is 10.9. The molecule has 9 heteroatoms. The van der Waals surface area contributed by atoms with E-state index < -0.39 is 22.4 Å². The number of methoxy groups -OCH3 is 1. The molecule has 0 aliphatic carbocycles. The molecule has 33 heavy (non-hydrogen) atoms. The Balaban J connectivity index is 2.23. The first-order valence-electron chi connectivity index (χ1n) is 10.5. The minimum atomic E-state index is -0.744. The number of hydrogen-bond donors (Lipinski definition) is 1. The predicted octanol–water partition coefficient (Wildman–Crippen LogP) is 3.62. The monoisotopic (exact) mass is 457 g/mol. The highest BCUT2D eigenvalue weighted by Crippen LogP contribution is 2.30. The summed E-state index contributed by atoms with van der Waals surface area (Å²) in [4.78, 5) is 37.9. The average molecular weight is 458 g/mol. The fourth-order valence-corrected chi connectivity index (χ4v) is 3.15. The molecule has 0 saturated carbocycles. The lowest BCUT2D eigenvalue weighted by molar-refractivity contribution is -0.385. The number of carbonyl (C=O) groups excluding carboxylic acids is 2. The van der Waals surface area contributed by atoms with Crippen molar-refractivity contribution in [1.82, 2.24) is 10.2 Å². The van der Waals surface area contributed by atoms with Crippen LogP contribution in [0, 0.1) is 17.0 Å². The van der Waals surface area contributed by atoms with Gasteiger partial charge in [0.25, 0.3) is 5.91 Å². The molecule has 0 saturated heterocycles. The average Bonchev–Trinajstić information content (AvgIpc) is 2.74. The van der Waals surface area contributed by atoms with Crippen molar-refractivity contribution in [2.24, 2.45) is 0 Å². The fraction of sp³-hybridized carbons (Fsp3) is 0.417. The fourth-order valence-electron chi connectivity index (χ4n) is 3.15. The van der Waals surface area contributed by atoms with Gasteiger partial charge >= 0.3 is 5.69 Å². The van der Waals surface area contributed by atoms with E-state index in [4.69, 9.17) is 9.47 Å². The van der Waals surface area contributed by atoms with Gasteiger partial charge in [0.1, 0.15) is 11.8 Å². The van der Waals surface area contributed by atoms with Crippen molar-refractivity contribution in [3.05, 3.63) is 63.7 Å². The maximum absolute atomic E-state index is 13.2. The van der Waals surface area contributed by atoms with Crippen LogP contribution in [0.5, 0.6) is 11.5 Å². The highest BCUT2D eigenvalue weighted by Gasteiger charge is 2.29. The van der Waals surface area contributed by atoms with E-state index in [2.05, 4.69) is 5.32 Å². The maximum Gasteiger partial charge on any atom is 0.311 e. The molecule has 1 N–H and O–H groups in total. The largest absolute Gasteiger partial charge is 0.490 e. The number of aryl methyl sites for hydroxylation is 1. The summed E-state index contributed by atoms with van der Waals surface area (Å²) in [5, 5.41) is 14.0. The zero-order valence-corrected chi connectivity index (χ0v) is 19.9. The Hall–Kier alpha value is -3.62. The lowest BCUT2D eigenvalue weighted by atomic mass is 10.1. The first-order valence-corrected chi connectivity index (χ1v) is 10.5. The van der Waals surface area contributed by atoms with E-state index in [1.807, 2.05) is 52.0 Å². The van der Waals surface area contributed by atoms with E-state index in [-0.39, 0.29) is 36.2 Å². The zero-order valence-electron chi connectivity index (χ0n) is 19.9. The molecule has 1 atom stereocenters. The van der Waals surface area contributed by atoms with E-state index in [0.717, 1.165) is 11.1 Å². The lowest BCUT2D eigenvalue weighted by Crippen LogP contribution is -2.53. The van der Waals surface area contributed by atoms with Crippen LogP contribution < -0.4 is 14.8 Å². The molecule has 0 radical (unpaired) electrons. The minimum Gasteiger partial charge on any atom is -0.490 e. The van der Waals surface area contributed by atoms with E-state index >= 15 is 0 Å². The summed E-state index contributed by atoms with van der Waals surface area (Å²) < 4.78 is 10.6. The van der Waals surface area contributed by atoms with Crippen LogP contribution in [-0.2, 0) is 16.1 Å². The van der Waals surface area contributed by atoms with E-state index in [9.17, 15) is 19.7 Å². The first kappa shape index (κ1) is 25.6. The third kappa shape index (κ3) is 7.20. The van der Waals surface area contributed by atoms with Crippen molar-refractivity contribution < 1.29 is 24.0 Å². The number of rotatable bonds is 9. The van der Waals surface area contributed by atoms with E-state index in [1.54, 1.807) is 6.92 Å². The smallest absolute Gasteiger partial charge is 0.311 e. The Kier molecular flexibility index (Phi) is 8.39. The molecule has 0 aromatic heterocycles. The molecule has 0 aliphatic heterocycles. The number of nitrogens with one attached hydrogen (secondary N) is 1. The molecular weight excluding hydrogens is 426 g/mol. The molecule has 0 spiro atoms. The standard InChI is InChI=1S/C24H31N3O6/c1-16-9-7-8-10-18(16)14-26(17(2)23(29)25-24(3,4)5)22(28)15-33-19-11-12-20(27(30)31)21(13-19)32-6/h7-13,17H,14-15H2,1-6H3,(H,25,29). The van der Waals surface area contributed by atoms with Gasteiger partial charge in [-0.3, -0.25) is 19.7 Å². The minimum absolute atomic E-state index is 0.0274. The molecule has 0 fully saturated rings. The van der Waals surface area contributed by atoms with Gasteiger partial charge in [0.2, 0.25) is 11.7 Å². The summed E-state index contributed by atoms with van der Waals surface area (Å²) in [7, 11) is 1.32. The number of nitrogens with zero attached hydrogens (tertiary/aromatic N) is 2.